The second-order valence-corrected chi connectivity index (χ2v) is 6.10. The first-order chi connectivity index (χ1) is 9.49. The van der Waals surface area contributed by atoms with Gasteiger partial charge in [-0.1, -0.05) is 17.7 Å². The van der Waals surface area contributed by atoms with Crippen LogP contribution in [0.5, 0.6) is 0 Å². The van der Waals surface area contributed by atoms with E-state index in [9.17, 15) is 4.39 Å². The summed E-state index contributed by atoms with van der Waals surface area (Å²) in [6.45, 7) is 1.90. The molecule has 1 heterocycles. The molecule has 0 atom stereocenters. The lowest BCUT2D eigenvalue weighted by Crippen LogP contribution is -1.99. The van der Waals surface area contributed by atoms with Gasteiger partial charge in [0.2, 0.25) is 0 Å². The summed E-state index contributed by atoms with van der Waals surface area (Å²) >= 11 is 14.8. The number of hydrogen-bond acceptors (Lipinski definition) is 1. The lowest BCUT2D eigenvalue weighted by atomic mass is 10.2. The van der Waals surface area contributed by atoms with Crippen LogP contribution in [0.3, 0.4) is 0 Å². The summed E-state index contributed by atoms with van der Waals surface area (Å²) in [4.78, 5) is 3.09. The second-order valence-electron chi connectivity index (χ2n) is 4.45. The molecule has 0 radical (unpaired) electrons. The molecule has 0 aliphatic carbocycles. The van der Waals surface area contributed by atoms with Gasteiger partial charge in [-0.15, -0.1) is 0 Å². The Morgan fingerprint density at radius 3 is 2.85 bits per heavy atom. The lowest BCUT2D eigenvalue weighted by molar-refractivity contribution is 0.619. The lowest BCUT2D eigenvalue weighted by Gasteiger charge is -2.10. The molecule has 0 amide bonds. The highest BCUT2D eigenvalue weighted by atomic mass is 79.9. The van der Waals surface area contributed by atoms with Crippen LogP contribution < -0.4 is 0 Å². The third-order valence-electron chi connectivity index (χ3n) is 3.13. The van der Waals surface area contributed by atoms with Crippen LogP contribution in [0.1, 0.15) is 5.56 Å². The SMILES string of the molecule is Cc1cc(Br)c(F)cc1-n1c(=S)[nH]c2cccc(Cl)c21. The molecule has 3 rings (SSSR count). The summed E-state index contributed by atoms with van der Waals surface area (Å²) < 4.78 is 16.5. The Hall–Kier alpha value is -1.17. The van der Waals surface area contributed by atoms with Gasteiger partial charge >= 0.3 is 0 Å². The number of nitrogens with one attached hydrogen (secondary N) is 1. The van der Waals surface area contributed by atoms with Crippen molar-refractivity contribution in [2.45, 2.75) is 6.92 Å². The Balaban J connectivity index is 2.44. The normalized spacial score (nSPS) is 11.2. The summed E-state index contributed by atoms with van der Waals surface area (Å²) in [6.07, 6.45) is 0. The van der Waals surface area contributed by atoms with E-state index in [1.807, 2.05) is 19.1 Å². The van der Waals surface area contributed by atoms with Gasteiger partial charge in [0.15, 0.2) is 4.77 Å². The summed E-state index contributed by atoms with van der Waals surface area (Å²) in [7, 11) is 0. The maximum Gasteiger partial charge on any atom is 0.182 e. The van der Waals surface area contributed by atoms with Crippen molar-refractivity contribution >= 4 is 50.8 Å². The van der Waals surface area contributed by atoms with Crippen LogP contribution in [-0.4, -0.2) is 9.55 Å². The van der Waals surface area contributed by atoms with Gasteiger partial charge in [0.05, 0.1) is 26.2 Å². The molecule has 0 unspecified atom stereocenters. The van der Waals surface area contributed by atoms with Crippen molar-refractivity contribution in [1.29, 1.82) is 0 Å². The number of aryl methyl sites for hydroxylation is 1. The molecule has 2 aromatic carbocycles. The molecule has 0 saturated heterocycles. The topological polar surface area (TPSA) is 20.7 Å². The van der Waals surface area contributed by atoms with Crippen molar-refractivity contribution in [2.24, 2.45) is 0 Å². The fourth-order valence-corrected chi connectivity index (χ4v) is 3.24. The predicted molar refractivity (Wildman–Crippen MR) is 85.9 cm³/mol. The van der Waals surface area contributed by atoms with Crippen LogP contribution in [0.25, 0.3) is 16.7 Å². The third-order valence-corrected chi connectivity index (χ3v) is 4.33. The average Bonchev–Trinajstić information content (AvgIpc) is 2.71. The second kappa shape index (κ2) is 4.98. The van der Waals surface area contributed by atoms with E-state index in [0.29, 0.717) is 20.0 Å². The predicted octanol–water partition coefficient (Wildman–Crippen LogP) is 5.55. The van der Waals surface area contributed by atoms with E-state index in [4.69, 9.17) is 23.8 Å². The van der Waals surface area contributed by atoms with Crippen molar-refractivity contribution in [2.75, 3.05) is 0 Å². The van der Waals surface area contributed by atoms with Gasteiger partial charge in [0.25, 0.3) is 0 Å². The number of benzene rings is 2. The van der Waals surface area contributed by atoms with Crippen molar-refractivity contribution in [1.82, 2.24) is 9.55 Å². The quantitative estimate of drug-likeness (QED) is 0.556. The number of nitrogens with zero attached hydrogens (tertiary/aromatic N) is 1. The van der Waals surface area contributed by atoms with Crippen molar-refractivity contribution in [3.63, 3.8) is 0 Å². The van der Waals surface area contributed by atoms with E-state index >= 15 is 0 Å². The number of rotatable bonds is 1. The molecule has 102 valence electrons. The molecule has 0 spiro atoms. The zero-order valence-electron chi connectivity index (χ0n) is 10.4. The first-order valence-corrected chi connectivity index (χ1v) is 7.42. The Morgan fingerprint density at radius 1 is 1.35 bits per heavy atom. The van der Waals surface area contributed by atoms with Crippen LogP contribution in [0.15, 0.2) is 34.8 Å². The first kappa shape index (κ1) is 13.8. The van der Waals surface area contributed by atoms with Crippen LogP contribution in [0, 0.1) is 17.5 Å². The molecule has 0 saturated carbocycles. The molecule has 2 nitrogen and oxygen atoms in total. The zero-order valence-corrected chi connectivity index (χ0v) is 13.5. The van der Waals surface area contributed by atoms with Gasteiger partial charge < -0.3 is 4.98 Å². The monoisotopic (exact) mass is 370 g/mol. The van der Waals surface area contributed by atoms with Crippen molar-refractivity contribution in [3.8, 4) is 5.69 Å². The molecule has 0 bridgehead atoms. The van der Waals surface area contributed by atoms with E-state index < -0.39 is 0 Å². The molecule has 1 aromatic heterocycles. The van der Waals surface area contributed by atoms with Crippen LogP contribution in [-0.2, 0) is 0 Å². The summed E-state index contributed by atoms with van der Waals surface area (Å²) in [6, 6.07) is 8.69. The molecular formula is C14H9BrClFN2S. The molecule has 3 aromatic rings. The van der Waals surface area contributed by atoms with Crippen LogP contribution >= 0.6 is 39.7 Å². The smallest absolute Gasteiger partial charge is 0.182 e. The fourth-order valence-electron chi connectivity index (χ4n) is 2.22. The van der Waals surface area contributed by atoms with Gasteiger partial charge in [-0.3, -0.25) is 4.57 Å². The highest BCUT2D eigenvalue weighted by Crippen LogP contribution is 2.30. The molecule has 0 aliphatic rings. The summed E-state index contributed by atoms with van der Waals surface area (Å²) in [5.74, 6) is -0.339. The molecular weight excluding hydrogens is 363 g/mol. The number of aromatic nitrogens is 2. The summed E-state index contributed by atoms with van der Waals surface area (Å²) in [5, 5.41) is 0.567. The third kappa shape index (κ3) is 2.10. The number of imidazole rings is 1. The maximum atomic E-state index is 13.8. The number of aromatic amines is 1. The Bertz CT molecular complexity index is 885. The molecule has 0 fully saturated rings. The Kier molecular flexibility index (Phi) is 3.44. The van der Waals surface area contributed by atoms with Crippen LogP contribution in [0.4, 0.5) is 4.39 Å². The van der Waals surface area contributed by atoms with Crippen LogP contribution in [0.2, 0.25) is 5.02 Å². The van der Waals surface area contributed by atoms with E-state index in [0.717, 1.165) is 16.6 Å². The number of H-pyrrole nitrogens is 1. The van der Waals surface area contributed by atoms with E-state index in [1.54, 1.807) is 16.7 Å². The Morgan fingerprint density at radius 2 is 2.10 bits per heavy atom. The van der Waals surface area contributed by atoms with Gasteiger partial charge in [-0.2, -0.15) is 0 Å². The minimum Gasteiger partial charge on any atom is -0.330 e. The number of halogens is 3. The van der Waals surface area contributed by atoms with Gasteiger partial charge in [-0.05, 0) is 64.9 Å². The number of fused-ring (bicyclic) bond motifs is 1. The molecule has 6 heteroatoms. The molecule has 20 heavy (non-hydrogen) atoms. The fraction of sp³-hybridized carbons (Fsp3) is 0.0714. The minimum atomic E-state index is -0.339. The van der Waals surface area contributed by atoms with E-state index in [-0.39, 0.29) is 5.82 Å². The summed E-state index contributed by atoms with van der Waals surface area (Å²) in [5.41, 5.74) is 3.15. The standard InChI is InChI=1S/C14H9BrClFN2S/c1-7-5-8(15)10(17)6-12(7)19-13-9(16)3-2-4-11(13)18-14(19)20/h2-6H,1H3,(H,18,20). The largest absolute Gasteiger partial charge is 0.330 e. The van der Waals surface area contributed by atoms with Crippen molar-refractivity contribution < 1.29 is 4.39 Å². The van der Waals surface area contributed by atoms with Gasteiger partial charge in [-0.25, -0.2) is 4.39 Å². The van der Waals surface area contributed by atoms with Gasteiger partial charge in [0.1, 0.15) is 5.82 Å². The molecule has 0 aliphatic heterocycles. The van der Waals surface area contributed by atoms with E-state index in [1.165, 1.54) is 6.07 Å². The van der Waals surface area contributed by atoms with E-state index in [2.05, 4.69) is 20.9 Å². The number of para-hydroxylation sites is 1. The van der Waals surface area contributed by atoms with Gasteiger partial charge in [0, 0.05) is 0 Å². The first-order valence-electron chi connectivity index (χ1n) is 5.84. The minimum absolute atomic E-state index is 0.339. The Labute approximate surface area is 133 Å². The van der Waals surface area contributed by atoms with Crippen molar-refractivity contribution in [3.05, 3.63) is 56.0 Å². The maximum absolute atomic E-state index is 13.8. The number of hydrogen-bond donors (Lipinski definition) is 1. The zero-order chi connectivity index (χ0) is 14.4. The highest BCUT2D eigenvalue weighted by Gasteiger charge is 2.13. The average molecular weight is 372 g/mol. The molecule has 1 N–H and O–H groups in total. The highest BCUT2D eigenvalue weighted by molar-refractivity contribution is 9.10.